The molecule has 0 amide bonds. The minimum Gasteiger partial charge on any atom is -0.286 e. The fourth-order valence-corrected chi connectivity index (χ4v) is 0. The van der Waals surface area contributed by atoms with Crippen LogP contribution in [0.25, 0.3) is 0 Å². The molecule has 0 fully saturated rings. The van der Waals surface area contributed by atoms with Crippen molar-refractivity contribution in [3.8, 4) is 0 Å². The van der Waals surface area contributed by atoms with Gasteiger partial charge in [0.1, 0.15) is 0 Å². The summed E-state index contributed by atoms with van der Waals surface area (Å²) < 4.78 is 25.9. The minimum atomic E-state index is -3.67. The Morgan fingerprint density at radius 3 is 1.43 bits per heavy atom. The van der Waals surface area contributed by atoms with E-state index in [0.717, 1.165) is 0 Å². The molecule has 0 spiro atoms. The average molecular weight is 280 g/mol. The van der Waals surface area contributed by atoms with Crippen LogP contribution in [-0.4, -0.2) is 19.2 Å². The van der Waals surface area contributed by atoms with Crippen LogP contribution in [0.1, 0.15) is 0 Å². The third-order valence-electron chi connectivity index (χ3n) is 0. The summed E-state index contributed by atoms with van der Waals surface area (Å²) in [4.78, 5) is 0. The van der Waals surface area contributed by atoms with Crippen molar-refractivity contribution in [2.45, 2.75) is 0 Å². The van der Waals surface area contributed by atoms with Crippen molar-refractivity contribution in [2.75, 3.05) is 6.26 Å². The summed E-state index contributed by atoms with van der Waals surface area (Å²) in [5.41, 5.74) is 0. The van der Waals surface area contributed by atoms with Crippen molar-refractivity contribution in [1.82, 2.24) is 0 Å². The van der Waals surface area contributed by atoms with Crippen LogP contribution in [0.2, 0.25) is 0 Å². The van der Waals surface area contributed by atoms with Crippen molar-refractivity contribution in [2.24, 2.45) is 0 Å². The Balaban J connectivity index is -0.0000000800. The standard InChI is InChI=1S/CH4O3S.F.Ho/c1-5(2,3)4;;/h1H3,(H,2,3,4);;. The van der Waals surface area contributed by atoms with E-state index in [2.05, 4.69) is 0 Å². The van der Waals surface area contributed by atoms with E-state index >= 15 is 0 Å². The fraction of sp³-hybridized carbons (Fsp3) is 1.00. The third kappa shape index (κ3) is 153. The molecule has 0 aliphatic rings. The van der Waals surface area contributed by atoms with E-state index in [-0.39, 0.29) is 42.4 Å². The van der Waals surface area contributed by atoms with Crippen LogP contribution < -0.4 is 0 Å². The molecule has 0 aromatic rings. The normalized spacial score (nSPS) is 8.29. The van der Waals surface area contributed by atoms with Crippen LogP contribution in [0.4, 0.5) is 4.70 Å². The van der Waals surface area contributed by atoms with E-state index in [9.17, 15) is 8.42 Å². The van der Waals surface area contributed by atoms with Crippen LogP contribution >= 0.6 is 0 Å². The Morgan fingerprint density at radius 2 is 1.43 bits per heavy atom. The Kier molecular flexibility index (Phi) is 11.8. The molecule has 3 nitrogen and oxygen atoms in total. The van der Waals surface area contributed by atoms with E-state index < -0.39 is 10.1 Å². The largest absolute Gasteiger partial charge is 0.286 e. The maximum absolute atomic E-state index is 9.19. The molecule has 0 bridgehead atoms. The molecular formula is CH4FHoO3S. The molecule has 0 aliphatic heterocycles. The van der Waals surface area contributed by atoms with Crippen molar-refractivity contribution in [3.05, 3.63) is 0 Å². The van der Waals surface area contributed by atoms with E-state index in [1.165, 1.54) is 0 Å². The second-order valence-electron chi connectivity index (χ2n) is 0.733. The molecule has 7 heavy (non-hydrogen) atoms. The maximum Gasteiger partial charge on any atom is 0.261 e. The summed E-state index contributed by atoms with van der Waals surface area (Å²) >= 11 is 0. The van der Waals surface area contributed by atoms with E-state index in [0.29, 0.717) is 6.26 Å². The molecule has 0 aromatic carbocycles. The molecule has 0 heterocycles. The minimum absolute atomic E-state index is 0. The molecule has 0 saturated heterocycles. The second kappa shape index (κ2) is 5.24. The Morgan fingerprint density at radius 1 is 1.43 bits per heavy atom. The van der Waals surface area contributed by atoms with Gasteiger partial charge in [-0.2, -0.15) is 8.42 Å². The number of halogens is 1. The first kappa shape index (κ1) is 15.7. The van der Waals surface area contributed by atoms with Crippen LogP contribution in [-0.2, 0) is 10.1 Å². The topological polar surface area (TPSA) is 54.4 Å². The van der Waals surface area contributed by atoms with Crippen LogP contribution in [0.15, 0.2) is 0 Å². The zero-order valence-electron chi connectivity index (χ0n) is 3.35. The Bertz CT molecular complexity index is 98.1. The molecule has 1 N–H and O–H groups in total. The van der Waals surface area contributed by atoms with Crippen molar-refractivity contribution >= 4 is 10.1 Å². The first-order valence-corrected chi connectivity index (χ1v) is 2.77. The van der Waals surface area contributed by atoms with Crippen LogP contribution in [0.5, 0.6) is 0 Å². The van der Waals surface area contributed by atoms with Gasteiger partial charge in [-0.25, -0.2) is 0 Å². The molecule has 50 valence electrons. The van der Waals surface area contributed by atoms with Crippen LogP contribution in [0, 0.1) is 37.7 Å². The smallest absolute Gasteiger partial charge is 0.261 e. The quantitative estimate of drug-likeness (QED) is 0.499. The van der Waals surface area contributed by atoms with Gasteiger partial charge in [-0.15, -0.1) is 0 Å². The predicted molar refractivity (Wildman–Crippen MR) is 18.6 cm³/mol. The van der Waals surface area contributed by atoms with Gasteiger partial charge >= 0.3 is 0 Å². The maximum atomic E-state index is 9.19. The second-order valence-corrected chi connectivity index (χ2v) is 2.20. The summed E-state index contributed by atoms with van der Waals surface area (Å²) in [5, 5.41) is 0. The fourth-order valence-electron chi connectivity index (χ4n) is 0. The van der Waals surface area contributed by atoms with E-state index in [1.54, 1.807) is 0 Å². The molecular weight excluding hydrogens is 276 g/mol. The SMILES string of the molecule is CS(=O)(=O)O.[F].[Ho]. The summed E-state index contributed by atoms with van der Waals surface area (Å²) in [5.74, 6) is 0. The number of hydrogen-bond donors (Lipinski definition) is 1. The van der Waals surface area contributed by atoms with Gasteiger partial charge in [0.25, 0.3) is 10.1 Å². The number of hydrogen-bond acceptors (Lipinski definition) is 2. The number of rotatable bonds is 0. The Hall–Kier alpha value is 1.10. The molecule has 0 saturated carbocycles. The molecule has 0 rings (SSSR count). The predicted octanol–water partition coefficient (Wildman–Crippen LogP) is -0.0758. The van der Waals surface area contributed by atoms with Gasteiger partial charge in [0.05, 0.1) is 6.26 Å². The van der Waals surface area contributed by atoms with Gasteiger partial charge in [-0.3, -0.25) is 4.55 Å². The van der Waals surface area contributed by atoms with Gasteiger partial charge in [-0.05, 0) is 0 Å². The zero-order chi connectivity index (χ0) is 4.50. The monoisotopic (exact) mass is 280 g/mol. The van der Waals surface area contributed by atoms with Gasteiger partial charge < -0.3 is 0 Å². The third-order valence-corrected chi connectivity index (χ3v) is 0. The average Bonchev–Trinajstić information content (AvgIpc) is 0.722. The summed E-state index contributed by atoms with van der Waals surface area (Å²) in [6, 6.07) is 0. The molecule has 0 atom stereocenters. The Labute approximate surface area is 71.2 Å². The molecule has 6 heteroatoms. The summed E-state index contributed by atoms with van der Waals surface area (Å²) in [7, 11) is -3.67. The van der Waals surface area contributed by atoms with Crippen molar-refractivity contribution in [1.29, 1.82) is 0 Å². The van der Waals surface area contributed by atoms with Gasteiger partial charge in [0, 0.05) is 42.4 Å². The first-order valence-electron chi connectivity index (χ1n) is 0.924. The van der Waals surface area contributed by atoms with Crippen molar-refractivity contribution in [3.63, 3.8) is 0 Å². The molecule has 2 radical (unpaired) electrons. The van der Waals surface area contributed by atoms with Gasteiger partial charge in [-0.1, -0.05) is 0 Å². The first-order chi connectivity index (χ1) is 2.00. The van der Waals surface area contributed by atoms with Crippen LogP contribution in [0.3, 0.4) is 0 Å². The van der Waals surface area contributed by atoms with Gasteiger partial charge in [0.2, 0.25) is 0 Å². The molecule has 0 aromatic heterocycles. The summed E-state index contributed by atoms with van der Waals surface area (Å²) in [6.45, 7) is 0. The molecule has 0 unspecified atom stereocenters. The van der Waals surface area contributed by atoms with Gasteiger partial charge in [0.15, 0.2) is 0 Å². The van der Waals surface area contributed by atoms with E-state index in [1.807, 2.05) is 0 Å². The van der Waals surface area contributed by atoms with Crippen molar-refractivity contribution < 1.29 is 55.4 Å². The van der Waals surface area contributed by atoms with E-state index in [4.69, 9.17) is 4.55 Å². The zero-order valence-corrected chi connectivity index (χ0v) is 6.10. The molecule has 0 aliphatic carbocycles. The summed E-state index contributed by atoms with van der Waals surface area (Å²) in [6.07, 6.45) is 0.715.